The van der Waals surface area contributed by atoms with Crippen LogP contribution in [0.25, 0.3) is 0 Å². The Kier molecular flexibility index (Phi) is 3.79. The fourth-order valence-corrected chi connectivity index (χ4v) is 3.25. The van der Waals surface area contributed by atoms with Crippen molar-refractivity contribution in [1.82, 2.24) is 9.62 Å². The molecule has 2 rings (SSSR count). The highest BCUT2D eigenvalue weighted by Gasteiger charge is 2.34. The molecule has 0 saturated heterocycles. The van der Waals surface area contributed by atoms with Gasteiger partial charge in [0, 0.05) is 6.54 Å². The van der Waals surface area contributed by atoms with Crippen molar-refractivity contribution >= 4 is 21.9 Å². The van der Waals surface area contributed by atoms with Crippen LogP contribution in [0.4, 0.5) is 0 Å². The molecule has 0 atom stereocenters. The molecule has 1 aromatic rings. The average Bonchev–Trinajstić information content (AvgIpc) is 2.43. The molecule has 0 aromatic heterocycles. The van der Waals surface area contributed by atoms with E-state index in [1.54, 1.807) is 19.1 Å². The van der Waals surface area contributed by atoms with E-state index in [2.05, 4.69) is 9.71 Å². The molecule has 1 aliphatic rings. The normalized spacial score (nSPS) is 19.9. The van der Waals surface area contributed by atoms with Crippen molar-refractivity contribution < 1.29 is 13.2 Å². The van der Waals surface area contributed by atoms with Crippen LogP contribution < -0.4 is 4.72 Å². The van der Waals surface area contributed by atoms with Gasteiger partial charge in [0.1, 0.15) is 4.90 Å². The minimum absolute atomic E-state index is 0.0208. The number of benzene rings is 1. The molecular formula is C14H19N3O3S. The summed E-state index contributed by atoms with van der Waals surface area (Å²) >= 11 is 0. The second-order valence-corrected chi connectivity index (χ2v) is 7.41. The Balaban J connectivity index is 2.69. The van der Waals surface area contributed by atoms with Crippen molar-refractivity contribution in [3.05, 3.63) is 29.8 Å². The van der Waals surface area contributed by atoms with Crippen molar-refractivity contribution in [1.29, 1.82) is 0 Å². The lowest BCUT2D eigenvalue weighted by atomic mass is 10.1. The molecule has 1 aliphatic heterocycles. The summed E-state index contributed by atoms with van der Waals surface area (Å²) in [7, 11) is -3.82. The van der Waals surface area contributed by atoms with Gasteiger partial charge in [-0.15, -0.1) is 0 Å². The molecule has 114 valence electrons. The van der Waals surface area contributed by atoms with Crippen LogP contribution in [0, 0.1) is 0 Å². The molecule has 0 radical (unpaired) electrons. The number of fused-ring (bicyclic) bond motifs is 1. The largest absolute Gasteiger partial charge is 0.278 e. The van der Waals surface area contributed by atoms with Gasteiger partial charge in [-0.3, -0.25) is 9.69 Å². The molecule has 21 heavy (non-hydrogen) atoms. The van der Waals surface area contributed by atoms with E-state index in [1.807, 2.05) is 20.8 Å². The third-order valence-electron chi connectivity index (χ3n) is 2.89. The van der Waals surface area contributed by atoms with Crippen LogP contribution in [0.15, 0.2) is 34.2 Å². The smallest absolute Gasteiger partial charge is 0.264 e. The molecule has 1 N–H and O–H groups in total. The first-order valence-electron chi connectivity index (χ1n) is 6.69. The van der Waals surface area contributed by atoms with E-state index in [0.29, 0.717) is 6.54 Å². The topological polar surface area (TPSA) is 78.8 Å². The summed E-state index contributed by atoms with van der Waals surface area (Å²) in [5, 5.41) is 0. The van der Waals surface area contributed by atoms with E-state index in [0.717, 1.165) is 0 Å². The van der Waals surface area contributed by atoms with Gasteiger partial charge in [-0.1, -0.05) is 12.1 Å². The fraction of sp³-hybridized carbons (Fsp3) is 0.429. The van der Waals surface area contributed by atoms with E-state index >= 15 is 0 Å². The van der Waals surface area contributed by atoms with Gasteiger partial charge in [-0.25, -0.2) is 18.1 Å². The zero-order chi connectivity index (χ0) is 15.8. The number of rotatable bonds is 1. The van der Waals surface area contributed by atoms with E-state index in [-0.39, 0.29) is 22.3 Å². The van der Waals surface area contributed by atoms with Gasteiger partial charge in [-0.05, 0) is 39.8 Å². The molecule has 7 heteroatoms. The second-order valence-electron chi connectivity index (χ2n) is 5.76. The average molecular weight is 309 g/mol. The molecule has 0 spiro atoms. The predicted molar refractivity (Wildman–Crippen MR) is 80.7 cm³/mol. The van der Waals surface area contributed by atoms with Crippen LogP contribution in [0.3, 0.4) is 0 Å². The number of guanidine groups is 1. The number of nitrogens with one attached hydrogen (secondary N) is 1. The highest BCUT2D eigenvalue weighted by molar-refractivity contribution is 7.90. The fourth-order valence-electron chi connectivity index (χ4n) is 2.04. The van der Waals surface area contributed by atoms with Gasteiger partial charge >= 0.3 is 0 Å². The van der Waals surface area contributed by atoms with Gasteiger partial charge in [0.05, 0.1) is 11.1 Å². The zero-order valence-corrected chi connectivity index (χ0v) is 13.4. The van der Waals surface area contributed by atoms with Crippen molar-refractivity contribution in [2.75, 3.05) is 6.54 Å². The summed E-state index contributed by atoms with van der Waals surface area (Å²) in [6.45, 7) is 7.61. The number of carbonyl (C=O) groups excluding carboxylic acids is 1. The monoisotopic (exact) mass is 309 g/mol. The Labute approximate surface area is 124 Å². The molecule has 0 aliphatic carbocycles. The van der Waals surface area contributed by atoms with Crippen LogP contribution in [-0.2, 0) is 10.0 Å². The van der Waals surface area contributed by atoms with Gasteiger partial charge in [-0.2, -0.15) is 0 Å². The quantitative estimate of drug-likeness (QED) is 0.855. The maximum atomic E-state index is 12.6. The molecule has 1 amide bonds. The Bertz CT molecular complexity index is 702. The first-order chi connectivity index (χ1) is 9.65. The van der Waals surface area contributed by atoms with Crippen molar-refractivity contribution in [3.63, 3.8) is 0 Å². The summed E-state index contributed by atoms with van der Waals surface area (Å²) in [5.41, 5.74) is -0.354. The molecule has 0 fully saturated rings. The SMILES string of the molecule is CCN1C(=O)c2ccccc2S(=O)(=O)NC1=NC(C)(C)C. The molecule has 0 unspecified atom stereocenters. The first-order valence-corrected chi connectivity index (χ1v) is 8.17. The minimum Gasteiger partial charge on any atom is -0.278 e. The molecule has 1 heterocycles. The summed E-state index contributed by atoms with van der Waals surface area (Å²) in [4.78, 5) is 18.3. The number of hydrogen-bond donors (Lipinski definition) is 1. The van der Waals surface area contributed by atoms with Gasteiger partial charge in [0.2, 0.25) is 5.96 Å². The summed E-state index contributed by atoms with van der Waals surface area (Å²) in [5.74, 6) is -0.309. The standard InChI is InChI=1S/C14H19N3O3S/c1-5-17-12(18)10-8-6-7-9-11(10)21(19,20)16-13(17)15-14(2,3)4/h6-9H,5H2,1-4H3,(H,15,16). The number of sulfonamides is 1. The first kappa shape index (κ1) is 15.5. The summed E-state index contributed by atoms with van der Waals surface area (Å²) in [6, 6.07) is 6.17. The number of amides is 1. The lowest BCUT2D eigenvalue weighted by molar-refractivity contribution is 0.0847. The number of carbonyl (C=O) groups is 1. The van der Waals surface area contributed by atoms with Crippen molar-refractivity contribution in [2.45, 2.75) is 38.1 Å². The Morgan fingerprint density at radius 3 is 2.43 bits per heavy atom. The summed E-state index contributed by atoms with van der Waals surface area (Å²) < 4.78 is 27.3. The Hall–Kier alpha value is -1.89. The molecule has 1 aromatic carbocycles. The molecule has 0 bridgehead atoms. The van der Waals surface area contributed by atoms with E-state index in [9.17, 15) is 13.2 Å². The van der Waals surface area contributed by atoms with E-state index < -0.39 is 15.6 Å². The maximum absolute atomic E-state index is 12.6. The minimum atomic E-state index is -3.82. The lowest BCUT2D eigenvalue weighted by Gasteiger charge is -2.23. The van der Waals surface area contributed by atoms with Crippen LogP contribution in [0.1, 0.15) is 38.1 Å². The molecule has 6 nitrogen and oxygen atoms in total. The molecular weight excluding hydrogens is 290 g/mol. The van der Waals surface area contributed by atoms with Gasteiger partial charge in [0.25, 0.3) is 15.9 Å². The van der Waals surface area contributed by atoms with Crippen LogP contribution in [0.2, 0.25) is 0 Å². The van der Waals surface area contributed by atoms with Crippen molar-refractivity contribution in [3.8, 4) is 0 Å². The molecule has 0 saturated carbocycles. The maximum Gasteiger partial charge on any atom is 0.264 e. The third-order valence-corrected chi connectivity index (χ3v) is 4.28. The van der Waals surface area contributed by atoms with Crippen LogP contribution in [0.5, 0.6) is 0 Å². The predicted octanol–water partition coefficient (Wildman–Crippen LogP) is 1.60. The Morgan fingerprint density at radius 1 is 1.24 bits per heavy atom. The van der Waals surface area contributed by atoms with Crippen LogP contribution in [-0.4, -0.2) is 37.3 Å². The highest BCUT2D eigenvalue weighted by atomic mass is 32.2. The van der Waals surface area contributed by atoms with Crippen molar-refractivity contribution in [2.24, 2.45) is 4.99 Å². The highest BCUT2D eigenvalue weighted by Crippen LogP contribution is 2.22. The number of nitrogens with zero attached hydrogens (tertiary/aromatic N) is 2. The second kappa shape index (κ2) is 5.14. The lowest BCUT2D eigenvalue weighted by Crippen LogP contribution is -2.45. The number of aliphatic imine (C=N–C) groups is 1. The Morgan fingerprint density at radius 2 is 1.86 bits per heavy atom. The van der Waals surface area contributed by atoms with E-state index in [1.165, 1.54) is 17.0 Å². The third kappa shape index (κ3) is 3.07. The van der Waals surface area contributed by atoms with Gasteiger partial charge in [0.15, 0.2) is 0 Å². The zero-order valence-electron chi connectivity index (χ0n) is 12.5. The summed E-state index contributed by atoms with van der Waals surface area (Å²) in [6.07, 6.45) is 0. The van der Waals surface area contributed by atoms with E-state index in [4.69, 9.17) is 0 Å². The van der Waals surface area contributed by atoms with Crippen LogP contribution >= 0.6 is 0 Å². The number of hydrogen-bond acceptors (Lipinski definition) is 4. The van der Waals surface area contributed by atoms with Gasteiger partial charge < -0.3 is 0 Å².